The van der Waals surface area contributed by atoms with Gasteiger partial charge in [0.2, 0.25) is 0 Å². The van der Waals surface area contributed by atoms with Gasteiger partial charge in [-0.05, 0) is 30.3 Å². The van der Waals surface area contributed by atoms with Crippen molar-refractivity contribution in [2.24, 2.45) is 7.05 Å². The van der Waals surface area contributed by atoms with E-state index in [-0.39, 0.29) is 11.6 Å². The van der Waals surface area contributed by atoms with E-state index in [2.05, 4.69) is 20.5 Å². The molecule has 0 aliphatic carbocycles. The Morgan fingerprint density at radius 1 is 1.14 bits per heavy atom. The zero-order valence-corrected chi connectivity index (χ0v) is 15.4. The smallest absolute Gasteiger partial charge is 0.356 e. The van der Waals surface area contributed by atoms with Crippen molar-refractivity contribution in [2.75, 3.05) is 5.32 Å². The number of rotatable bonds is 5. The molecule has 10 heteroatoms. The minimum Gasteiger partial charge on any atom is -0.476 e. The zero-order valence-electron chi connectivity index (χ0n) is 14.6. The monoisotopic (exact) mass is 394 g/mol. The molecule has 4 rings (SSSR count). The lowest BCUT2D eigenvalue weighted by Gasteiger charge is -2.05. The van der Waals surface area contributed by atoms with Gasteiger partial charge in [0.05, 0.1) is 18.1 Å². The molecule has 3 aromatic heterocycles. The van der Waals surface area contributed by atoms with Crippen LogP contribution < -0.4 is 5.32 Å². The van der Waals surface area contributed by atoms with Crippen molar-refractivity contribution >= 4 is 28.9 Å². The molecule has 2 N–H and O–H groups in total. The maximum absolute atomic E-state index is 12.5. The summed E-state index contributed by atoms with van der Waals surface area (Å²) in [6.07, 6.45) is 6.64. The van der Waals surface area contributed by atoms with E-state index in [9.17, 15) is 9.59 Å². The van der Waals surface area contributed by atoms with Gasteiger partial charge in [-0.1, -0.05) is 0 Å². The lowest BCUT2D eigenvalue weighted by atomic mass is 10.3. The minimum absolute atomic E-state index is 0.0352. The predicted octanol–water partition coefficient (Wildman–Crippen LogP) is 2.68. The van der Waals surface area contributed by atoms with Crippen molar-refractivity contribution < 1.29 is 14.7 Å². The number of amides is 1. The largest absolute Gasteiger partial charge is 0.476 e. The van der Waals surface area contributed by atoms with E-state index in [0.29, 0.717) is 16.3 Å². The lowest BCUT2D eigenvalue weighted by Crippen LogP contribution is -2.10. The fourth-order valence-corrected chi connectivity index (χ4v) is 3.30. The number of anilines is 1. The van der Waals surface area contributed by atoms with Crippen LogP contribution in [-0.2, 0) is 7.05 Å². The van der Waals surface area contributed by atoms with Crippen molar-refractivity contribution in [1.29, 1.82) is 0 Å². The number of carboxylic acid groups (broad SMARTS) is 1. The topological polar surface area (TPSA) is 115 Å². The Morgan fingerprint density at radius 2 is 1.93 bits per heavy atom. The van der Waals surface area contributed by atoms with Crippen molar-refractivity contribution in [3.05, 3.63) is 65.7 Å². The first-order chi connectivity index (χ1) is 13.5. The first kappa shape index (κ1) is 17.6. The van der Waals surface area contributed by atoms with Crippen LogP contribution in [0.1, 0.15) is 20.2 Å². The van der Waals surface area contributed by atoms with Gasteiger partial charge in [-0.15, -0.1) is 11.3 Å². The maximum Gasteiger partial charge on any atom is 0.356 e. The number of aromatic carboxylic acids is 1. The Labute approximate surface area is 162 Å². The van der Waals surface area contributed by atoms with Crippen molar-refractivity contribution in [1.82, 2.24) is 24.5 Å². The van der Waals surface area contributed by atoms with Gasteiger partial charge in [0, 0.05) is 30.7 Å². The summed E-state index contributed by atoms with van der Waals surface area (Å²) in [5.74, 6) is -1.34. The van der Waals surface area contributed by atoms with Crippen LogP contribution in [0.5, 0.6) is 0 Å². The highest BCUT2D eigenvalue weighted by Gasteiger charge is 2.13. The fourth-order valence-electron chi connectivity index (χ4n) is 2.52. The molecule has 0 atom stereocenters. The Bertz CT molecular complexity index is 1160. The molecular formula is C18H14N6O3S. The molecule has 0 radical (unpaired) electrons. The second kappa shape index (κ2) is 7.08. The maximum atomic E-state index is 12.5. The number of carboxylic acids is 1. The third kappa shape index (κ3) is 3.53. The Morgan fingerprint density at radius 3 is 2.57 bits per heavy atom. The molecule has 1 aromatic carbocycles. The predicted molar refractivity (Wildman–Crippen MR) is 103 cm³/mol. The first-order valence-corrected chi connectivity index (χ1v) is 8.97. The molecule has 0 bridgehead atoms. The van der Waals surface area contributed by atoms with Crippen LogP contribution in [0.4, 0.5) is 5.69 Å². The number of hydrogen-bond donors (Lipinski definition) is 2. The number of aryl methyl sites for hydroxylation is 1. The Balaban J connectivity index is 1.46. The molecule has 0 saturated heterocycles. The SMILES string of the molecule is Cn1cc(-c2ncc(C(=O)Nc3ccc(-n4ccc(C(=O)O)n4)cc3)s2)cn1. The van der Waals surface area contributed by atoms with Gasteiger partial charge in [0.25, 0.3) is 5.91 Å². The minimum atomic E-state index is -1.09. The van der Waals surface area contributed by atoms with E-state index in [1.54, 1.807) is 41.3 Å². The number of nitrogens with one attached hydrogen (secondary N) is 1. The van der Waals surface area contributed by atoms with E-state index < -0.39 is 5.97 Å². The van der Waals surface area contributed by atoms with Crippen molar-refractivity contribution in [3.8, 4) is 16.3 Å². The zero-order chi connectivity index (χ0) is 19.7. The summed E-state index contributed by atoms with van der Waals surface area (Å²) >= 11 is 1.29. The number of benzene rings is 1. The van der Waals surface area contributed by atoms with Gasteiger partial charge in [-0.2, -0.15) is 10.2 Å². The molecule has 3 heterocycles. The van der Waals surface area contributed by atoms with Gasteiger partial charge in [0.1, 0.15) is 9.88 Å². The van der Waals surface area contributed by atoms with Crippen LogP contribution >= 0.6 is 11.3 Å². The third-order valence-corrected chi connectivity index (χ3v) is 4.92. The fraction of sp³-hybridized carbons (Fsp3) is 0.0556. The third-order valence-electron chi connectivity index (χ3n) is 3.88. The van der Waals surface area contributed by atoms with E-state index in [0.717, 1.165) is 10.6 Å². The van der Waals surface area contributed by atoms with E-state index in [1.165, 1.54) is 28.3 Å². The summed E-state index contributed by atoms with van der Waals surface area (Å²) < 4.78 is 3.13. The van der Waals surface area contributed by atoms with Crippen LogP contribution in [0.3, 0.4) is 0 Å². The molecule has 0 fully saturated rings. The van der Waals surface area contributed by atoms with Gasteiger partial charge in [0.15, 0.2) is 5.69 Å². The van der Waals surface area contributed by atoms with Crippen LogP contribution in [-0.4, -0.2) is 41.5 Å². The number of thiazole rings is 1. The first-order valence-electron chi connectivity index (χ1n) is 8.15. The molecule has 9 nitrogen and oxygen atoms in total. The summed E-state index contributed by atoms with van der Waals surface area (Å²) in [5, 5.41) is 20.6. The summed E-state index contributed by atoms with van der Waals surface area (Å²) in [6.45, 7) is 0. The summed E-state index contributed by atoms with van der Waals surface area (Å²) in [7, 11) is 1.82. The van der Waals surface area contributed by atoms with Crippen LogP contribution in [0.25, 0.3) is 16.3 Å². The molecule has 140 valence electrons. The van der Waals surface area contributed by atoms with E-state index in [1.807, 2.05) is 13.2 Å². The van der Waals surface area contributed by atoms with Gasteiger partial charge >= 0.3 is 5.97 Å². The summed E-state index contributed by atoms with van der Waals surface area (Å²) in [6, 6.07) is 8.34. The highest BCUT2D eigenvalue weighted by Crippen LogP contribution is 2.25. The lowest BCUT2D eigenvalue weighted by molar-refractivity contribution is 0.0689. The van der Waals surface area contributed by atoms with Gasteiger partial charge in [-0.25, -0.2) is 14.5 Å². The summed E-state index contributed by atoms with van der Waals surface area (Å²) in [4.78, 5) is 28.1. The average Bonchev–Trinajstić information content (AvgIpc) is 3.42. The Hall–Kier alpha value is -3.79. The standard InChI is InChI=1S/C18H14N6O3S/c1-23-10-11(8-20-23)17-19-9-15(28-17)16(25)21-12-2-4-13(5-3-12)24-7-6-14(22-24)18(26)27/h2-10H,1H3,(H,21,25)(H,26,27). The molecule has 4 aromatic rings. The quantitative estimate of drug-likeness (QED) is 0.538. The molecule has 0 unspecified atom stereocenters. The molecule has 0 aliphatic rings. The number of carbonyl (C=O) groups is 2. The van der Waals surface area contributed by atoms with Gasteiger partial charge < -0.3 is 10.4 Å². The van der Waals surface area contributed by atoms with Crippen molar-refractivity contribution in [3.63, 3.8) is 0 Å². The highest BCUT2D eigenvalue weighted by atomic mass is 32.1. The molecule has 0 spiro atoms. The molecule has 0 aliphatic heterocycles. The average molecular weight is 394 g/mol. The number of hydrogen-bond acceptors (Lipinski definition) is 6. The van der Waals surface area contributed by atoms with Gasteiger partial charge in [-0.3, -0.25) is 9.48 Å². The van der Waals surface area contributed by atoms with Crippen molar-refractivity contribution in [2.45, 2.75) is 0 Å². The molecule has 1 amide bonds. The highest BCUT2D eigenvalue weighted by molar-refractivity contribution is 7.17. The Kier molecular flexibility index (Phi) is 4.45. The van der Waals surface area contributed by atoms with E-state index >= 15 is 0 Å². The normalized spacial score (nSPS) is 10.8. The molecule has 0 saturated carbocycles. The van der Waals surface area contributed by atoms with Crippen LogP contribution in [0.15, 0.2) is 55.1 Å². The second-order valence-electron chi connectivity index (χ2n) is 5.88. The second-order valence-corrected chi connectivity index (χ2v) is 6.91. The molecular weight excluding hydrogens is 380 g/mol. The van der Waals surface area contributed by atoms with Crippen LogP contribution in [0, 0.1) is 0 Å². The molecule has 28 heavy (non-hydrogen) atoms. The summed E-state index contributed by atoms with van der Waals surface area (Å²) in [5.41, 5.74) is 2.11. The van der Waals surface area contributed by atoms with Crippen LogP contribution in [0.2, 0.25) is 0 Å². The number of nitrogens with zero attached hydrogens (tertiary/aromatic N) is 5. The van der Waals surface area contributed by atoms with E-state index in [4.69, 9.17) is 5.11 Å². The number of carbonyl (C=O) groups excluding carboxylic acids is 1. The number of aromatic nitrogens is 5.